The maximum Gasteiger partial charge on any atom is 0.321 e. The first-order valence-electron chi connectivity index (χ1n) is 9.92. The van der Waals surface area contributed by atoms with Crippen molar-refractivity contribution in [2.24, 2.45) is 0 Å². The number of ether oxygens (including phenoxy) is 1. The summed E-state index contributed by atoms with van der Waals surface area (Å²) in [6, 6.07) is 7.81. The Hall–Kier alpha value is -2.67. The van der Waals surface area contributed by atoms with E-state index in [0.717, 1.165) is 49.0 Å². The summed E-state index contributed by atoms with van der Waals surface area (Å²) in [5, 5.41) is 3.00. The molecule has 7 nitrogen and oxygen atoms in total. The van der Waals surface area contributed by atoms with Crippen LogP contribution in [0.5, 0.6) is 0 Å². The molecule has 0 unspecified atom stereocenters. The lowest BCUT2D eigenvalue weighted by Crippen LogP contribution is -2.37. The Kier molecular flexibility index (Phi) is 5.43. The molecule has 2 amide bonds. The van der Waals surface area contributed by atoms with Gasteiger partial charge in [0, 0.05) is 44.0 Å². The topological polar surface area (TPSA) is 70.6 Å². The van der Waals surface area contributed by atoms with Crippen LogP contribution < -0.4 is 10.2 Å². The molecular formula is C21H27N5O2. The Morgan fingerprint density at radius 3 is 2.46 bits per heavy atom. The van der Waals surface area contributed by atoms with Crippen molar-refractivity contribution in [1.29, 1.82) is 0 Å². The van der Waals surface area contributed by atoms with E-state index >= 15 is 0 Å². The molecule has 1 aromatic carbocycles. The minimum Gasteiger partial charge on any atom is -0.378 e. The quantitative estimate of drug-likeness (QED) is 0.866. The number of fused-ring (bicyclic) bond motifs is 1. The van der Waals surface area contributed by atoms with Crippen molar-refractivity contribution >= 4 is 17.7 Å². The third-order valence-corrected chi connectivity index (χ3v) is 5.42. The smallest absolute Gasteiger partial charge is 0.321 e. The van der Waals surface area contributed by atoms with Gasteiger partial charge in [0.05, 0.1) is 18.9 Å². The monoisotopic (exact) mass is 381 g/mol. The molecule has 0 aliphatic carbocycles. The normalized spacial score (nSPS) is 17.1. The van der Waals surface area contributed by atoms with Gasteiger partial charge in [-0.3, -0.25) is 0 Å². The number of anilines is 2. The second-order valence-corrected chi connectivity index (χ2v) is 7.42. The number of carbonyl (C=O) groups excluding carboxylic acids is 1. The Labute approximate surface area is 165 Å². The highest BCUT2D eigenvalue weighted by Crippen LogP contribution is 2.21. The molecule has 2 aliphatic rings. The van der Waals surface area contributed by atoms with Crippen LogP contribution in [-0.4, -0.2) is 60.3 Å². The van der Waals surface area contributed by atoms with Gasteiger partial charge < -0.3 is 19.9 Å². The van der Waals surface area contributed by atoms with Gasteiger partial charge in [-0.15, -0.1) is 0 Å². The molecule has 0 bridgehead atoms. The molecule has 4 rings (SSSR count). The summed E-state index contributed by atoms with van der Waals surface area (Å²) in [5.74, 6) is 0.789. The van der Waals surface area contributed by atoms with Crippen molar-refractivity contribution in [3.05, 3.63) is 46.8 Å². The fraction of sp³-hybridized carbons (Fsp3) is 0.476. The highest BCUT2D eigenvalue weighted by atomic mass is 16.5. The molecular weight excluding hydrogens is 354 g/mol. The van der Waals surface area contributed by atoms with Gasteiger partial charge in [-0.25, -0.2) is 14.8 Å². The van der Waals surface area contributed by atoms with Crippen LogP contribution in [0.3, 0.4) is 0 Å². The van der Waals surface area contributed by atoms with Crippen LogP contribution in [0, 0.1) is 13.8 Å². The lowest BCUT2D eigenvalue weighted by Gasteiger charge is -2.27. The molecule has 28 heavy (non-hydrogen) atoms. The van der Waals surface area contributed by atoms with Crippen LogP contribution in [0.1, 0.15) is 22.5 Å². The molecule has 0 spiro atoms. The van der Waals surface area contributed by atoms with E-state index in [0.29, 0.717) is 26.3 Å². The molecule has 1 saturated heterocycles. The number of hydrogen-bond acceptors (Lipinski definition) is 5. The van der Waals surface area contributed by atoms with Gasteiger partial charge in [-0.1, -0.05) is 17.7 Å². The Morgan fingerprint density at radius 2 is 1.71 bits per heavy atom. The third kappa shape index (κ3) is 4.09. The maximum atomic E-state index is 12.7. The Bertz CT molecular complexity index is 847. The first kappa shape index (κ1) is 18.7. The number of hydrogen-bond donors (Lipinski definition) is 1. The molecule has 7 heteroatoms. The van der Waals surface area contributed by atoms with E-state index in [1.54, 1.807) is 0 Å². The average molecular weight is 381 g/mol. The standard InChI is InChI=1S/C21H27N5O2/c1-15-3-5-17(6-4-15)23-21(27)26-9-7-18-16(2)22-20(24-19(18)8-10-26)25-11-13-28-14-12-25/h3-6H,7-14H2,1-2H3,(H,23,27). The summed E-state index contributed by atoms with van der Waals surface area (Å²) in [6.45, 7) is 8.49. The number of aromatic nitrogens is 2. The number of urea groups is 1. The zero-order chi connectivity index (χ0) is 19.5. The molecule has 2 aliphatic heterocycles. The number of benzene rings is 1. The molecule has 1 fully saturated rings. The average Bonchev–Trinajstić information content (AvgIpc) is 2.93. The number of aryl methyl sites for hydroxylation is 2. The zero-order valence-corrected chi connectivity index (χ0v) is 16.6. The van der Waals surface area contributed by atoms with Crippen LogP contribution >= 0.6 is 0 Å². The number of nitrogens with one attached hydrogen (secondary N) is 1. The fourth-order valence-corrected chi connectivity index (χ4v) is 3.72. The largest absolute Gasteiger partial charge is 0.378 e. The van der Waals surface area contributed by atoms with Crippen molar-refractivity contribution < 1.29 is 9.53 Å². The fourth-order valence-electron chi connectivity index (χ4n) is 3.72. The summed E-state index contributed by atoms with van der Waals surface area (Å²) in [5.41, 5.74) is 5.27. The predicted molar refractivity (Wildman–Crippen MR) is 109 cm³/mol. The van der Waals surface area contributed by atoms with Crippen LogP contribution in [0.15, 0.2) is 24.3 Å². The highest BCUT2D eigenvalue weighted by molar-refractivity contribution is 5.89. The van der Waals surface area contributed by atoms with Crippen molar-refractivity contribution in [2.75, 3.05) is 49.6 Å². The second-order valence-electron chi connectivity index (χ2n) is 7.42. The maximum absolute atomic E-state index is 12.7. The van der Waals surface area contributed by atoms with Gasteiger partial charge in [0.15, 0.2) is 0 Å². The molecule has 2 aromatic rings. The molecule has 0 atom stereocenters. The van der Waals surface area contributed by atoms with Crippen LogP contribution in [-0.2, 0) is 17.6 Å². The number of carbonyl (C=O) groups is 1. The molecule has 3 heterocycles. The third-order valence-electron chi connectivity index (χ3n) is 5.42. The molecule has 148 valence electrons. The van der Waals surface area contributed by atoms with Gasteiger partial charge in [0.25, 0.3) is 0 Å². The minimum atomic E-state index is -0.0596. The van der Waals surface area contributed by atoms with Gasteiger partial charge >= 0.3 is 6.03 Å². The van der Waals surface area contributed by atoms with Crippen molar-refractivity contribution in [2.45, 2.75) is 26.7 Å². The summed E-state index contributed by atoms with van der Waals surface area (Å²) in [4.78, 5) is 26.4. The minimum absolute atomic E-state index is 0.0596. The SMILES string of the molecule is Cc1ccc(NC(=O)N2CCc3nc(N4CCOCC4)nc(C)c3CC2)cc1. The summed E-state index contributed by atoms with van der Waals surface area (Å²) in [6.07, 6.45) is 1.53. The van der Waals surface area contributed by atoms with E-state index in [2.05, 4.69) is 10.2 Å². The Balaban J connectivity index is 1.46. The first-order chi connectivity index (χ1) is 13.6. The number of nitrogens with zero attached hydrogens (tertiary/aromatic N) is 4. The number of amides is 2. The number of morpholine rings is 1. The van der Waals surface area contributed by atoms with Crippen LogP contribution in [0.4, 0.5) is 16.4 Å². The molecule has 1 N–H and O–H groups in total. The van der Waals surface area contributed by atoms with Crippen molar-refractivity contribution in [3.8, 4) is 0 Å². The predicted octanol–water partition coefficient (Wildman–Crippen LogP) is 2.56. The van der Waals surface area contributed by atoms with E-state index in [9.17, 15) is 4.79 Å². The van der Waals surface area contributed by atoms with Crippen LogP contribution in [0.25, 0.3) is 0 Å². The molecule has 1 aromatic heterocycles. The van der Waals surface area contributed by atoms with E-state index in [1.165, 1.54) is 11.1 Å². The summed E-state index contributed by atoms with van der Waals surface area (Å²) in [7, 11) is 0. The second kappa shape index (κ2) is 8.14. The molecule has 0 radical (unpaired) electrons. The Morgan fingerprint density at radius 1 is 1.00 bits per heavy atom. The van der Waals surface area contributed by atoms with Gasteiger partial charge in [-0.2, -0.15) is 0 Å². The van der Waals surface area contributed by atoms with Crippen molar-refractivity contribution in [3.63, 3.8) is 0 Å². The van der Waals surface area contributed by atoms with E-state index in [-0.39, 0.29) is 6.03 Å². The van der Waals surface area contributed by atoms with Crippen molar-refractivity contribution in [1.82, 2.24) is 14.9 Å². The van der Waals surface area contributed by atoms with Gasteiger partial charge in [-0.05, 0) is 38.0 Å². The summed E-state index contributed by atoms with van der Waals surface area (Å²) >= 11 is 0. The van der Waals surface area contributed by atoms with E-state index in [1.807, 2.05) is 43.0 Å². The highest BCUT2D eigenvalue weighted by Gasteiger charge is 2.23. The molecule has 0 saturated carbocycles. The van der Waals surface area contributed by atoms with Crippen LogP contribution in [0.2, 0.25) is 0 Å². The van der Waals surface area contributed by atoms with Gasteiger partial charge in [0.2, 0.25) is 5.95 Å². The van der Waals surface area contributed by atoms with Gasteiger partial charge in [0.1, 0.15) is 0 Å². The van der Waals surface area contributed by atoms with E-state index < -0.39 is 0 Å². The van der Waals surface area contributed by atoms with E-state index in [4.69, 9.17) is 14.7 Å². The first-order valence-corrected chi connectivity index (χ1v) is 9.92. The number of rotatable bonds is 2. The summed E-state index contributed by atoms with van der Waals surface area (Å²) < 4.78 is 5.43. The lowest BCUT2D eigenvalue weighted by atomic mass is 10.1. The zero-order valence-electron chi connectivity index (χ0n) is 16.6. The lowest BCUT2D eigenvalue weighted by molar-refractivity contribution is 0.122.